The van der Waals surface area contributed by atoms with Gasteiger partial charge in [-0.2, -0.15) is 0 Å². The maximum absolute atomic E-state index is 4.74. The average Bonchev–Trinajstić information content (AvgIpc) is 2.77. The summed E-state index contributed by atoms with van der Waals surface area (Å²) in [5.74, 6) is 1.88. The normalized spacial score (nSPS) is 19.4. The molecule has 158 valence electrons. The zero-order valence-corrected chi connectivity index (χ0v) is 18.7. The minimum absolute atomic E-state index is 0.889. The van der Waals surface area contributed by atoms with Crippen molar-refractivity contribution in [3.8, 4) is 11.3 Å². The van der Waals surface area contributed by atoms with Crippen LogP contribution in [0.15, 0.2) is 36.8 Å². The second kappa shape index (κ2) is 12.1. The van der Waals surface area contributed by atoms with Gasteiger partial charge in [-0.1, -0.05) is 95.9 Å². The molecule has 2 aromatic rings. The molecule has 0 atom stereocenters. The first-order valence-electron chi connectivity index (χ1n) is 12.2. The molecule has 3 rings (SSSR count). The van der Waals surface area contributed by atoms with Gasteiger partial charge in [0.1, 0.15) is 6.33 Å². The number of aromatic nitrogens is 2. The molecule has 0 bridgehead atoms. The van der Waals surface area contributed by atoms with Gasteiger partial charge in [-0.25, -0.2) is 9.97 Å². The highest BCUT2D eigenvalue weighted by atomic mass is 14.8. The van der Waals surface area contributed by atoms with Gasteiger partial charge >= 0.3 is 0 Å². The highest BCUT2D eigenvalue weighted by Crippen LogP contribution is 2.35. The van der Waals surface area contributed by atoms with Crippen LogP contribution in [-0.2, 0) is 12.8 Å². The van der Waals surface area contributed by atoms with Crippen molar-refractivity contribution in [1.82, 2.24) is 9.97 Å². The lowest BCUT2D eigenvalue weighted by atomic mass is 9.78. The summed E-state index contributed by atoms with van der Waals surface area (Å²) >= 11 is 0. The van der Waals surface area contributed by atoms with E-state index in [1.54, 1.807) is 6.33 Å². The lowest BCUT2D eigenvalue weighted by Gasteiger charge is -2.28. The number of aryl methyl sites for hydroxylation is 2. The minimum Gasteiger partial charge on any atom is -0.244 e. The predicted molar refractivity (Wildman–Crippen MR) is 124 cm³/mol. The highest BCUT2D eigenvalue weighted by Gasteiger charge is 2.21. The SMILES string of the molecule is CCCCCCc1ccccc1-c1ncncc1CCC1CCC(CCC)CC1. The van der Waals surface area contributed by atoms with Gasteiger partial charge in [-0.05, 0) is 48.6 Å². The molecule has 0 radical (unpaired) electrons. The Morgan fingerprint density at radius 3 is 2.31 bits per heavy atom. The first-order chi connectivity index (χ1) is 14.3. The molecule has 0 amide bonds. The second-order valence-corrected chi connectivity index (χ2v) is 9.08. The van der Waals surface area contributed by atoms with Crippen molar-refractivity contribution < 1.29 is 0 Å². The fourth-order valence-corrected chi connectivity index (χ4v) is 5.07. The van der Waals surface area contributed by atoms with Gasteiger partial charge in [0, 0.05) is 11.8 Å². The Kier molecular flexibility index (Phi) is 9.18. The summed E-state index contributed by atoms with van der Waals surface area (Å²) in [6.07, 6.45) is 21.1. The van der Waals surface area contributed by atoms with Gasteiger partial charge in [0.15, 0.2) is 0 Å². The summed E-state index contributed by atoms with van der Waals surface area (Å²) in [4.78, 5) is 9.12. The van der Waals surface area contributed by atoms with Gasteiger partial charge in [-0.15, -0.1) is 0 Å². The third-order valence-corrected chi connectivity index (χ3v) is 6.85. The molecule has 2 nitrogen and oxygen atoms in total. The number of hydrogen-bond acceptors (Lipinski definition) is 2. The molecule has 1 aliphatic carbocycles. The predicted octanol–water partition coefficient (Wildman–Crippen LogP) is 7.81. The van der Waals surface area contributed by atoms with Crippen LogP contribution in [0, 0.1) is 11.8 Å². The lowest BCUT2D eigenvalue weighted by Crippen LogP contribution is -2.15. The van der Waals surface area contributed by atoms with E-state index >= 15 is 0 Å². The van der Waals surface area contributed by atoms with E-state index in [1.807, 2.05) is 0 Å². The summed E-state index contributed by atoms with van der Waals surface area (Å²) < 4.78 is 0. The number of hydrogen-bond donors (Lipinski definition) is 0. The van der Waals surface area contributed by atoms with E-state index in [2.05, 4.69) is 49.3 Å². The van der Waals surface area contributed by atoms with Crippen LogP contribution in [0.3, 0.4) is 0 Å². The molecule has 29 heavy (non-hydrogen) atoms. The second-order valence-electron chi connectivity index (χ2n) is 9.08. The van der Waals surface area contributed by atoms with Gasteiger partial charge < -0.3 is 0 Å². The van der Waals surface area contributed by atoms with Crippen LogP contribution in [0.5, 0.6) is 0 Å². The summed E-state index contributed by atoms with van der Waals surface area (Å²) in [5, 5.41) is 0. The molecule has 0 aliphatic heterocycles. The van der Waals surface area contributed by atoms with Crippen molar-refractivity contribution in [2.75, 3.05) is 0 Å². The molecule has 0 spiro atoms. The lowest BCUT2D eigenvalue weighted by molar-refractivity contribution is 0.252. The Morgan fingerprint density at radius 2 is 1.55 bits per heavy atom. The fourth-order valence-electron chi connectivity index (χ4n) is 5.07. The zero-order chi connectivity index (χ0) is 20.3. The van der Waals surface area contributed by atoms with Crippen LogP contribution >= 0.6 is 0 Å². The summed E-state index contributed by atoms with van der Waals surface area (Å²) in [5.41, 5.74) is 5.28. The Morgan fingerprint density at radius 1 is 0.793 bits per heavy atom. The van der Waals surface area contributed by atoms with Crippen molar-refractivity contribution >= 4 is 0 Å². The van der Waals surface area contributed by atoms with E-state index < -0.39 is 0 Å². The van der Waals surface area contributed by atoms with Crippen LogP contribution in [0.1, 0.15) is 95.6 Å². The third kappa shape index (κ3) is 6.66. The van der Waals surface area contributed by atoms with E-state index in [9.17, 15) is 0 Å². The standard InChI is InChI=1S/C27H40N2/c1-3-5-6-7-11-24-12-8-9-13-26(24)27-25(20-28-21-29-27)19-18-23-16-14-22(10-4-2)15-17-23/h8-9,12-13,20-23H,3-7,10-11,14-19H2,1-2H3. The number of rotatable bonds is 11. The first-order valence-corrected chi connectivity index (χ1v) is 12.2. The van der Waals surface area contributed by atoms with Crippen molar-refractivity contribution in [1.29, 1.82) is 0 Å². The molecule has 1 aromatic heterocycles. The van der Waals surface area contributed by atoms with E-state index in [1.165, 1.54) is 93.0 Å². The molecule has 0 saturated heterocycles. The van der Waals surface area contributed by atoms with Crippen LogP contribution < -0.4 is 0 Å². The topological polar surface area (TPSA) is 25.8 Å². The van der Waals surface area contributed by atoms with E-state index in [-0.39, 0.29) is 0 Å². The number of benzene rings is 1. The number of unbranched alkanes of at least 4 members (excludes halogenated alkanes) is 3. The van der Waals surface area contributed by atoms with Gasteiger partial charge in [0.05, 0.1) is 5.69 Å². The van der Waals surface area contributed by atoms with Crippen LogP contribution in [0.4, 0.5) is 0 Å². The molecule has 2 heteroatoms. The fraction of sp³-hybridized carbons (Fsp3) is 0.630. The van der Waals surface area contributed by atoms with Crippen LogP contribution in [0.2, 0.25) is 0 Å². The molecular weight excluding hydrogens is 352 g/mol. The zero-order valence-electron chi connectivity index (χ0n) is 18.7. The minimum atomic E-state index is 0.889. The summed E-state index contributed by atoms with van der Waals surface area (Å²) in [6.45, 7) is 4.60. The Bertz CT molecular complexity index is 716. The molecule has 1 heterocycles. The molecule has 1 saturated carbocycles. The van der Waals surface area contributed by atoms with E-state index in [4.69, 9.17) is 4.98 Å². The Balaban J connectivity index is 1.64. The first kappa shape index (κ1) is 22.0. The van der Waals surface area contributed by atoms with Crippen molar-refractivity contribution in [2.45, 2.75) is 97.3 Å². The maximum Gasteiger partial charge on any atom is 0.116 e. The van der Waals surface area contributed by atoms with Gasteiger partial charge in [-0.3, -0.25) is 0 Å². The molecule has 1 aliphatic rings. The Hall–Kier alpha value is -1.70. The smallest absolute Gasteiger partial charge is 0.116 e. The van der Waals surface area contributed by atoms with Crippen molar-refractivity contribution in [3.63, 3.8) is 0 Å². The summed E-state index contributed by atoms with van der Waals surface area (Å²) in [6, 6.07) is 8.89. The maximum atomic E-state index is 4.74. The molecule has 0 unspecified atom stereocenters. The summed E-state index contributed by atoms with van der Waals surface area (Å²) in [7, 11) is 0. The van der Waals surface area contributed by atoms with E-state index in [0.29, 0.717) is 0 Å². The Labute approximate surface area is 178 Å². The van der Waals surface area contributed by atoms with Gasteiger partial charge in [0.25, 0.3) is 0 Å². The van der Waals surface area contributed by atoms with Crippen LogP contribution in [-0.4, -0.2) is 9.97 Å². The molecular formula is C27H40N2. The van der Waals surface area contributed by atoms with Crippen molar-refractivity contribution in [2.24, 2.45) is 11.8 Å². The highest BCUT2D eigenvalue weighted by molar-refractivity contribution is 5.66. The van der Waals surface area contributed by atoms with Crippen LogP contribution in [0.25, 0.3) is 11.3 Å². The average molecular weight is 393 g/mol. The van der Waals surface area contributed by atoms with E-state index in [0.717, 1.165) is 24.7 Å². The van der Waals surface area contributed by atoms with Crippen molar-refractivity contribution in [3.05, 3.63) is 47.9 Å². The number of nitrogens with zero attached hydrogens (tertiary/aromatic N) is 2. The largest absolute Gasteiger partial charge is 0.244 e. The molecule has 1 aromatic carbocycles. The van der Waals surface area contributed by atoms with Gasteiger partial charge in [0.2, 0.25) is 0 Å². The quantitative estimate of drug-likeness (QED) is 0.364. The third-order valence-electron chi connectivity index (χ3n) is 6.85. The molecule has 0 N–H and O–H groups in total. The monoisotopic (exact) mass is 392 g/mol. The molecule has 1 fully saturated rings.